The number of hydrogen-bond acceptors (Lipinski definition) is 3. The lowest BCUT2D eigenvalue weighted by Crippen LogP contribution is -2.35. The van der Waals surface area contributed by atoms with Gasteiger partial charge in [0.2, 0.25) is 0 Å². The quantitative estimate of drug-likeness (QED) is 0.847. The van der Waals surface area contributed by atoms with E-state index in [-0.39, 0.29) is 12.6 Å². The third-order valence-electron chi connectivity index (χ3n) is 2.68. The predicted molar refractivity (Wildman–Crippen MR) is 60.2 cm³/mol. The summed E-state index contributed by atoms with van der Waals surface area (Å²) < 4.78 is 40.3. The van der Waals surface area contributed by atoms with Crippen LogP contribution in [0.3, 0.4) is 0 Å². The van der Waals surface area contributed by atoms with Gasteiger partial charge in [-0.25, -0.2) is 4.79 Å². The molecule has 0 radical (unpaired) electrons. The molecule has 1 saturated carbocycles. The SMILES string of the molecule is O=C(OCC(F)(F)F)N(Cc1ccncc1)C1CC1. The second-order valence-corrected chi connectivity index (χ2v) is 4.38. The maximum absolute atomic E-state index is 12.0. The lowest BCUT2D eigenvalue weighted by Gasteiger charge is -2.22. The molecule has 2 rings (SSSR count). The van der Waals surface area contributed by atoms with Crippen LogP contribution >= 0.6 is 0 Å². The summed E-state index contributed by atoms with van der Waals surface area (Å²) in [5.41, 5.74) is 0.811. The smallest absolute Gasteiger partial charge is 0.422 e. The third kappa shape index (κ3) is 4.42. The molecule has 1 aliphatic rings. The van der Waals surface area contributed by atoms with Gasteiger partial charge in [0.25, 0.3) is 0 Å². The number of nitrogens with zero attached hydrogens (tertiary/aromatic N) is 2. The molecule has 0 aliphatic heterocycles. The van der Waals surface area contributed by atoms with Crippen molar-refractivity contribution >= 4 is 6.09 Å². The molecule has 0 bridgehead atoms. The average molecular weight is 274 g/mol. The largest absolute Gasteiger partial charge is 0.440 e. The third-order valence-corrected chi connectivity index (χ3v) is 2.68. The molecule has 4 nitrogen and oxygen atoms in total. The second-order valence-electron chi connectivity index (χ2n) is 4.38. The number of aromatic nitrogens is 1. The Morgan fingerprint density at radius 3 is 2.53 bits per heavy atom. The highest BCUT2D eigenvalue weighted by molar-refractivity contribution is 5.68. The summed E-state index contributed by atoms with van der Waals surface area (Å²) in [5, 5.41) is 0. The maximum atomic E-state index is 12.0. The number of pyridine rings is 1. The van der Waals surface area contributed by atoms with Crippen molar-refractivity contribution in [3.05, 3.63) is 30.1 Å². The van der Waals surface area contributed by atoms with Gasteiger partial charge in [-0.2, -0.15) is 13.2 Å². The highest BCUT2D eigenvalue weighted by atomic mass is 19.4. The summed E-state index contributed by atoms with van der Waals surface area (Å²) in [6, 6.07) is 3.41. The first kappa shape index (κ1) is 13.6. The lowest BCUT2D eigenvalue weighted by atomic mass is 10.2. The predicted octanol–water partition coefficient (Wildman–Crippen LogP) is 2.74. The Labute approximate surface area is 108 Å². The first-order valence-electron chi connectivity index (χ1n) is 5.85. The number of amides is 1. The van der Waals surface area contributed by atoms with Gasteiger partial charge in [0.05, 0.1) is 0 Å². The average Bonchev–Trinajstić information content (AvgIpc) is 3.18. The minimum absolute atomic E-state index is 0.0195. The molecule has 1 aromatic rings. The molecule has 1 aromatic heterocycles. The number of carbonyl (C=O) groups excluding carboxylic acids is 1. The monoisotopic (exact) mass is 274 g/mol. The van der Waals surface area contributed by atoms with Crippen LogP contribution in [0.1, 0.15) is 18.4 Å². The lowest BCUT2D eigenvalue weighted by molar-refractivity contribution is -0.162. The first-order valence-corrected chi connectivity index (χ1v) is 5.85. The van der Waals surface area contributed by atoms with E-state index in [4.69, 9.17) is 0 Å². The molecule has 1 heterocycles. The zero-order valence-electron chi connectivity index (χ0n) is 10.1. The van der Waals surface area contributed by atoms with Crippen LogP contribution in [0.2, 0.25) is 0 Å². The fourth-order valence-corrected chi connectivity index (χ4v) is 1.64. The van der Waals surface area contributed by atoms with Gasteiger partial charge in [0.1, 0.15) is 0 Å². The van der Waals surface area contributed by atoms with Crippen molar-refractivity contribution < 1.29 is 22.7 Å². The van der Waals surface area contributed by atoms with Crippen molar-refractivity contribution in [1.82, 2.24) is 9.88 Å². The topological polar surface area (TPSA) is 42.4 Å². The fourth-order valence-electron chi connectivity index (χ4n) is 1.64. The van der Waals surface area contributed by atoms with Crippen LogP contribution in [-0.4, -0.2) is 34.8 Å². The van der Waals surface area contributed by atoms with Gasteiger partial charge in [-0.05, 0) is 30.5 Å². The molecule has 0 spiro atoms. The molecule has 1 fully saturated rings. The Morgan fingerprint density at radius 1 is 1.37 bits per heavy atom. The highest BCUT2D eigenvalue weighted by Crippen LogP contribution is 2.29. The Hall–Kier alpha value is -1.79. The van der Waals surface area contributed by atoms with Crippen molar-refractivity contribution in [2.45, 2.75) is 31.6 Å². The Balaban J connectivity index is 1.94. The molecule has 0 N–H and O–H groups in total. The van der Waals surface area contributed by atoms with Crippen molar-refractivity contribution in [3.63, 3.8) is 0 Å². The van der Waals surface area contributed by atoms with Gasteiger partial charge in [-0.15, -0.1) is 0 Å². The van der Waals surface area contributed by atoms with Crippen molar-refractivity contribution in [1.29, 1.82) is 0 Å². The van der Waals surface area contributed by atoms with Crippen LogP contribution in [0.25, 0.3) is 0 Å². The van der Waals surface area contributed by atoms with Gasteiger partial charge < -0.3 is 9.64 Å². The van der Waals surface area contributed by atoms with E-state index in [2.05, 4.69) is 9.72 Å². The van der Waals surface area contributed by atoms with Crippen LogP contribution in [0, 0.1) is 0 Å². The summed E-state index contributed by atoms with van der Waals surface area (Å²) in [7, 11) is 0. The fraction of sp³-hybridized carbons (Fsp3) is 0.500. The Kier molecular flexibility index (Phi) is 3.92. The van der Waals surface area contributed by atoms with Gasteiger partial charge in [-0.1, -0.05) is 0 Å². The van der Waals surface area contributed by atoms with E-state index >= 15 is 0 Å². The Bertz CT molecular complexity index is 432. The highest BCUT2D eigenvalue weighted by Gasteiger charge is 2.36. The van der Waals surface area contributed by atoms with Gasteiger partial charge in [0, 0.05) is 25.0 Å². The molecule has 104 valence electrons. The zero-order chi connectivity index (χ0) is 13.9. The molecule has 0 saturated heterocycles. The molecule has 1 aliphatic carbocycles. The maximum Gasteiger partial charge on any atom is 0.422 e. The summed E-state index contributed by atoms with van der Waals surface area (Å²) in [4.78, 5) is 16.8. The van der Waals surface area contributed by atoms with E-state index in [0.29, 0.717) is 0 Å². The minimum Gasteiger partial charge on any atom is -0.440 e. The van der Waals surface area contributed by atoms with Crippen LogP contribution in [-0.2, 0) is 11.3 Å². The molecule has 0 atom stereocenters. The van der Waals surface area contributed by atoms with E-state index in [0.717, 1.165) is 18.4 Å². The minimum atomic E-state index is -4.50. The number of carbonyl (C=O) groups is 1. The number of halogens is 3. The van der Waals surface area contributed by atoms with Gasteiger partial charge >= 0.3 is 12.3 Å². The van der Waals surface area contributed by atoms with Gasteiger partial charge in [-0.3, -0.25) is 4.98 Å². The van der Waals surface area contributed by atoms with Crippen molar-refractivity contribution in [3.8, 4) is 0 Å². The van der Waals surface area contributed by atoms with E-state index in [9.17, 15) is 18.0 Å². The molecule has 0 aromatic carbocycles. The van der Waals surface area contributed by atoms with Crippen molar-refractivity contribution in [2.75, 3.05) is 6.61 Å². The molecular weight excluding hydrogens is 261 g/mol. The number of alkyl halides is 3. The molecule has 19 heavy (non-hydrogen) atoms. The standard InChI is InChI=1S/C12H13F3N2O2/c13-12(14,15)8-19-11(18)17(10-1-2-10)7-9-3-5-16-6-4-9/h3-6,10H,1-2,7-8H2. The molecule has 0 unspecified atom stereocenters. The normalized spacial score (nSPS) is 15.1. The van der Waals surface area contributed by atoms with E-state index < -0.39 is 18.9 Å². The van der Waals surface area contributed by atoms with Crippen LogP contribution in [0.15, 0.2) is 24.5 Å². The van der Waals surface area contributed by atoms with Crippen LogP contribution in [0.4, 0.5) is 18.0 Å². The second kappa shape index (κ2) is 5.46. The number of ether oxygens (including phenoxy) is 1. The van der Waals surface area contributed by atoms with Gasteiger partial charge in [0.15, 0.2) is 6.61 Å². The summed E-state index contributed by atoms with van der Waals surface area (Å²) in [6.45, 7) is -1.31. The van der Waals surface area contributed by atoms with Crippen molar-refractivity contribution in [2.24, 2.45) is 0 Å². The molecule has 1 amide bonds. The molecule has 7 heteroatoms. The first-order chi connectivity index (χ1) is 8.96. The van der Waals surface area contributed by atoms with Crippen LogP contribution in [0.5, 0.6) is 0 Å². The summed E-state index contributed by atoms with van der Waals surface area (Å²) >= 11 is 0. The molecular formula is C12H13F3N2O2. The van der Waals surface area contributed by atoms with E-state index in [1.165, 1.54) is 4.90 Å². The number of hydrogen-bond donors (Lipinski definition) is 0. The Morgan fingerprint density at radius 2 is 2.00 bits per heavy atom. The van der Waals surface area contributed by atoms with E-state index in [1.807, 2.05) is 0 Å². The van der Waals surface area contributed by atoms with E-state index in [1.54, 1.807) is 24.5 Å². The zero-order valence-corrected chi connectivity index (χ0v) is 10.1. The summed E-state index contributed by atoms with van der Waals surface area (Å²) in [5.74, 6) is 0. The summed E-state index contributed by atoms with van der Waals surface area (Å²) in [6.07, 6.45) is -0.681. The van der Waals surface area contributed by atoms with Crippen LogP contribution < -0.4 is 0 Å². The number of rotatable bonds is 4.